The van der Waals surface area contributed by atoms with Crippen LogP contribution in [0, 0.1) is 0 Å². The fraction of sp³-hybridized carbons (Fsp3) is 0.292. The minimum Gasteiger partial charge on any atom is -0.465 e. The van der Waals surface area contributed by atoms with E-state index in [9.17, 15) is 40.7 Å². The van der Waals surface area contributed by atoms with Crippen LogP contribution in [0.2, 0.25) is 0 Å². The van der Waals surface area contributed by atoms with Crippen LogP contribution in [0.3, 0.4) is 0 Å². The average Bonchev–Trinajstić information content (AvgIpc) is 3.28. The summed E-state index contributed by atoms with van der Waals surface area (Å²) in [5.74, 6) is -2.13. The summed E-state index contributed by atoms with van der Waals surface area (Å²) in [5, 5.41) is 6.66. The van der Waals surface area contributed by atoms with Gasteiger partial charge < -0.3 is 15.0 Å². The molecule has 0 radical (unpaired) electrons. The first-order valence-corrected chi connectivity index (χ1v) is 11.0. The average molecular weight is 557 g/mol. The number of halogens is 6. The minimum absolute atomic E-state index is 0.0301. The van der Waals surface area contributed by atoms with Crippen molar-refractivity contribution in [2.75, 3.05) is 19.5 Å². The highest BCUT2D eigenvalue weighted by Crippen LogP contribution is 2.37. The van der Waals surface area contributed by atoms with Gasteiger partial charge in [-0.3, -0.25) is 9.59 Å². The van der Waals surface area contributed by atoms with E-state index in [1.54, 1.807) is 0 Å². The molecule has 0 bridgehead atoms. The first kappa shape index (κ1) is 29.1. The minimum atomic E-state index is -5.13. The lowest BCUT2D eigenvalue weighted by molar-refractivity contribution is -0.143. The number of amides is 2. The number of carbonyl (C=O) groups excluding carboxylic acids is 3. The van der Waals surface area contributed by atoms with Crippen LogP contribution >= 0.6 is 0 Å². The SMILES string of the molecule is COC(=O)c1ccc(-n2nc(NC(C)=O)cc2C(C)N(C)C(=O)c2cc(C(F)(F)F)cc(C(F)(F)F)c2)nc1. The molecule has 208 valence electrons. The summed E-state index contributed by atoms with van der Waals surface area (Å²) in [5.41, 5.74) is -3.79. The number of hydrogen-bond donors (Lipinski definition) is 1. The second kappa shape index (κ2) is 10.7. The summed E-state index contributed by atoms with van der Waals surface area (Å²) >= 11 is 0. The van der Waals surface area contributed by atoms with Crippen molar-refractivity contribution in [3.63, 3.8) is 0 Å². The molecule has 0 saturated carbocycles. The summed E-state index contributed by atoms with van der Waals surface area (Å²) in [7, 11) is 2.36. The number of rotatable bonds is 6. The van der Waals surface area contributed by atoms with Gasteiger partial charge in [-0.05, 0) is 37.3 Å². The van der Waals surface area contributed by atoms with E-state index in [0.29, 0.717) is 12.1 Å². The van der Waals surface area contributed by atoms with Crippen molar-refractivity contribution in [3.8, 4) is 5.82 Å². The highest BCUT2D eigenvalue weighted by Gasteiger charge is 2.38. The van der Waals surface area contributed by atoms with E-state index in [1.807, 2.05) is 0 Å². The zero-order valence-electron chi connectivity index (χ0n) is 20.8. The number of ether oxygens (including phenoxy) is 1. The first-order chi connectivity index (χ1) is 18.0. The zero-order valence-corrected chi connectivity index (χ0v) is 20.8. The first-order valence-electron chi connectivity index (χ1n) is 11.0. The van der Waals surface area contributed by atoms with Crippen LogP contribution in [0.5, 0.6) is 0 Å². The Labute approximate surface area is 217 Å². The van der Waals surface area contributed by atoms with Crippen molar-refractivity contribution in [1.82, 2.24) is 19.7 Å². The Morgan fingerprint density at radius 2 is 1.56 bits per heavy atom. The Hall–Kier alpha value is -4.43. The zero-order chi connectivity index (χ0) is 29.3. The monoisotopic (exact) mass is 557 g/mol. The maximum absolute atomic E-state index is 13.3. The molecule has 0 saturated heterocycles. The molecule has 0 aliphatic rings. The lowest BCUT2D eigenvalue weighted by Gasteiger charge is -2.26. The predicted octanol–water partition coefficient (Wildman–Crippen LogP) is 4.88. The van der Waals surface area contributed by atoms with Crippen LogP contribution in [0.25, 0.3) is 5.82 Å². The molecule has 1 atom stereocenters. The van der Waals surface area contributed by atoms with Crippen LogP contribution in [0.1, 0.15) is 57.4 Å². The second-order valence-electron chi connectivity index (χ2n) is 8.33. The number of alkyl halides is 6. The van der Waals surface area contributed by atoms with Crippen molar-refractivity contribution in [2.45, 2.75) is 32.2 Å². The topological polar surface area (TPSA) is 106 Å². The molecule has 39 heavy (non-hydrogen) atoms. The predicted molar refractivity (Wildman–Crippen MR) is 124 cm³/mol. The quantitative estimate of drug-likeness (QED) is 0.342. The van der Waals surface area contributed by atoms with E-state index < -0.39 is 52.9 Å². The maximum atomic E-state index is 13.3. The van der Waals surface area contributed by atoms with Gasteiger partial charge in [0.1, 0.15) is 0 Å². The molecule has 2 heterocycles. The summed E-state index contributed by atoms with van der Waals surface area (Å²) in [4.78, 5) is 41.5. The van der Waals surface area contributed by atoms with Gasteiger partial charge in [0.2, 0.25) is 5.91 Å². The molecule has 1 unspecified atom stereocenters. The van der Waals surface area contributed by atoms with Gasteiger partial charge in [0, 0.05) is 31.8 Å². The molecule has 2 aromatic heterocycles. The number of pyridine rings is 1. The molecule has 2 amide bonds. The Balaban J connectivity index is 2.05. The molecule has 3 rings (SSSR count). The third kappa shape index (κ3) is 6.53. The normalized spacial score (nSPS) is 12.6. The van der Waals surface area contributed by atoms with Crippen LogP contribution in [-0.2, 0) is 21.9 Å². The summed E-state index contributed by atoms with van der Waals surface area (Å²) < 4.78 is 85.6. The van der Waals surface area contributed by atoms with Gasteiger partial charge >= 0.3 is 18.3 Å². The van der Waals surface area contributed by atoms with E-state index in [0.717, 1.165) is 4.90 Å². The fourth-order valence-electron chi connectivity index (χ4n) is 3.52. The molecular formula is C24H21F6N5O4. The van der Waals surface area contributed by atoms with Gasteiger partial charge in [-0.1, -0.05) is 0 Å². The number of nitrogens with zero attached hydrogens (tertiary/aromatic N) is 4. The van der Waals surface area contributed by atoms with E-state index >= 15 is 0 Å². The number of carbonyl (C=O) groups is 3. The number of nitrogens with one attached hydrogen (secondary N) is 1. The number of benzene rings is 1. The highest BCUT2D eigenvalue weighted by atomic mass is 19.4. The summed E-state index contributed by atoms with van der Waals surface area (Å²) in [6.45, 7) is 2.66. The Morgan fingerprint density at radius 1 is 0.974 bits per heavy atom. The van der Waals surface area contributed by atoms with E-state index in [-0.39, 0.29) is 29.0 Å². The molecule has 9 nitrogen and oxygen atoms in total. The molecule has 3 aromatic rings. The Kier molecular flexibility index (Phi) is 8.03. The van der Waals surface area contributed by atoms with Crippen LogP contribution in [-0.4, -0.2) is 51.6 Å². The van der Waals surface area contributed by atoms with E-state index in [1.165, 1.54) is 57.1 Å². The summed E-state index contributed by atoms with van der Waals surface area (Å²) in [6.07, 6.45) is -9.08. The molecule has 0 aliphatic heterocycles. The van der Waals surface area contributed by atoms with Gasteiger partial charge in [-0.25, -0.2) is 14.5 Å². The summed E-state index contributed by atoms with van der Waals surface area (Å²) in [6, 6.07) is 3.73. The van der Waals surface area contributed by atoms with Gasteiger partial charge in [0.15, 0.2) is 11.6 Å². The number of aromatic nitrogens is 3. The van der Waals surface area contributed by atoms with E-state index in [4.69, 9.17) is 0 Å². The van der Waals surface area contributed by atoms with Crippen molar-refractivity contribution in [3.05, 3.63) is 70.5 Å². The van der Waals surface area contributed by atoms with Crippen molar-refractivity contribution < 1.29 is 45.5 Å². The van der Waals surface area contributed by atoms with Crippen molar-refractivity contribution >= 4 is 23.6 Å². The largest absolute Gasteiger partial charge is 0.465 e. The number of esters is 1. The molecule has 1 N–H and O–H groups in total. The second-order valence-corrected chi connectivity index (χ2v) is 8.33. The van der Waals surface area contributed by atoms with Gasteiger partial charge in [0.05, 0.1) is 35.5 Å². The molecule has 0 fully saturated rings. The van der Waals surface area contributed by atoms with Crippen molar-refractivity contribution in [2.24, 2.45) is 0 Å². The molecule has 0 spiro atoms. The number of anilines is 1. The Bertz CT molecular complexity index is 1370. The fourth-order valence-corrected chi connectivity index (χ4v) is 3.52. The number of hydrogen-bond acceptors (Lipinski definition) is 6. The van der Waals surface area contributed by atoms with Crippen molar-refractivity contribution in [1.29, 1.82) is 0 Å². The van der Waals surface area contributed by atoms with Crippen LogP contribution in [0.4, 0.5) is 32.2 Å². The smallest absolute Gasteiger partial charge is 0.416 e. The maximum Gasteiger partial charge on any atom is 0.416 e. The highest BCUT2D eigenvalue weighted by molar-refractivity contribution is 5.95. The standard InChI is InChI=1S/C24H21F6N5O4/c1-12(34(3)21(37)15-7-16(23(25,26)27)9-17(8-15)24(28,29)30)18-10-19(32-13(2)36)33-35(18)20-6-5-14(11-31-20)22(38)39-4/h5-12H,1-4H3,(H,32,33,36). The lowest BCUT2D eigenvalue weighted by atomic mass is 10.0. The molecule has 15 heteroatoms. The Morgan fingerprint density at radius 3 is 2.03 bits per heavy atom. The molecular weight excluding hydrogens is 536 g/mol. The number of methoxy groups -OCH3 is 1. The van der Waals surface area contributed by atoms with E-state index in [2.05, 4.69) is 20.1 Å². The van der Waals surface area contributed by atoms with Gasteiger partial charge in [-0.15, -0.1) is 5.10 Å². The molecule has 0 aliphatic carbocycles. The third-order valence-electron chi connectivity index (χ3n) is 5.59. The lowest BCUT2D eigenvalue weighted by Crippen LogP contribution is -2.31. The third-order valence-corrected chi connectivity index (χ3v) is 5.59. The molecule has 1 aromatic carbocycles. The van der Waals surface area contributed by atoms with Gasteiger partial charge in [0.25, 0.3) is 5.91 Å². The van der Waals surface area contributed by atoms with Crippen LogP contribution < -0.4 is 5.32 Å². The van der Waals surface area contributed by atoms with Crippen LogP contribution in [0.15, 0.2) is 42.6 Å². The van der Waals surface area contributed by atoms with Gasteiger partial charge in [-0.2, -0.15) is 26.3 Å².